The molecule has 2 heterocycles. The summed E-state index contributed by atoms with van der Waals surface area (Å²) < 4.78 is 39.4. The first-order valence-electron chi connectivity index (χ1n) is 11.9. The summed E-state index contributed by atoms with van der Waals surface area (Å²) in [5.74, 6) is -0.338. The third kappa shape index (κ3) is 5.24. The van der Waals surface area contributed by atoms with Crippen LogP contribution in [0.2, 0.25) is 0 Å². The van der Waals surface area contributed by atoms with Gasteiger partial charge in [-0.25, -0.2) is 4.99 Å². The Morgan fingerprint density at radius 2 is 1.86 bits per heavy atom. The van der Waals surface area contributed by atoms with E-state index in [-0.39, 0.29) is 29.1 Å². The zero-order valence-corrected chi connectivity index (χ0v) is 19.9. The van der Waals surface area contributed by atoms with Crippen molar-refractivity contribution in [2.75, 3.05) is 37.7 Å². The molecule has 186 valence electrons. The molecule has 2 amide bonds. The number of carbonyl (C=O) groups excluding carboxylic acids is 2. The summed E-state index contributed by atoms with van der Waals surface area (Å²) in [6, 6.07) is 11.8. The molecule has 2 aromatic rings. The maximum Gasteiger partial charge on any atom is 0.416 e. The SMILES string of the molecule is CCN(CC)C(=O)[C@@H]1CCCN(CN2C(=O)C(=Nc3cccc(C(F)(F)F)c3)c3ccccc32)C1. The van der Waals surface area contributed by atoms with Crippen molar-refractivity contribution in [3.63, 3.8) is 0 Å². The fourth-order valence-corrected chi connectivity index (χ4v) is 4.77. The number of anilines is 1. The van der Waals surface area contributed by atoms with E-state index in [1.807, 2.05) is 30.9 Å². The Morgan fingerprint density at radius 3 is 2.57 bits per heavy atom. The molecule has 9 heteroatoms. The summed E-state index contributed by atoms with van der Waals surface area (Å²) in [7, 11) is 0. The average molecular weight is 487 g/mol. The van der Waals surface area contributed by atoms with Gasteiger partial charge in [0, 0.05) is 25.2 Å². The number of hydrogen-bond donors (Lipinski definition) is 0. The van der Waals surface area contributed by atoms with E-state index in [1.54, 1.807) is 17.0 Å². The van der Waals surface area contributed by atoms with E-state index in [0.29, 0.717) is 37.6 Å². The zero-order valence-electron chi connectivity index (χ0n) is 19.9. The molecule has 1 saturated heterocycles. The highest BCUT2D eigenvalue weighted by Crippen LogP contribution is 2.34. The summed E-state index contributed by atoms with van der Waals surface area (Å²) in [4.78, 5) is 36.2. The van der Waals surface area contributed by atoms with Crippen molar-refractivity contribution < 1.29 is 22.8 Å². The maximum atomic E-state index is 13.4. The molecule has 0 bridgehead atoms. The largest absolute Gasteiger partial charge is 0.416 e. The monoisotopic (exact) mass is 486 g/mol. The maximum absolute atomic E-state index is 13.4. The molecule has 35 heavy (non-hydrogen) atoms. The van der Waals surface area contributed by atoms with Gasteiger partial charge < -0.3 is 4.90 Å². The van der Waals surface area contributed by atoms with E-state index in [9.17, 15) is 22.8 Å². The van der Waals surface area contributed by atoms with E-state index in [2.05, 4.69) is 9.89 Å². The van der Waals surface area contributed by atoms with Crippen LogP contribution in [-0.2, 0) is 15.8 Å². The van der Waals surface area contributed by atoms with Gasteiger partial charge in [0.25, 0.3) is 5.91 Å². The number of benzene rings is 2. The highest BCUT2D eigenvalue weighted by atomic mass is 19.4. The normalized spacial score (nSPS) is 19.8. The molecule has 0 spiro atoms. The van der Waals surface area contributed by atoms with E-state index in [4.69, 9.17) is 0 Å². The summed E-state index contributed by atoms with van der Waals surface area (Å²) in [5, 5.41) is 0. The number of hydrogen-bond acceptors (Lipinski definition) is 4. The van der Waals surface area contributed by atoms with Gasteiger partial charge in [0.1, 0.15) is 5.71 Å². The number of rotatable bonds is 6. The highest BCUT2D eigenvalue weighted by Gasteiger charge is 2.37. The lowest BCUT2D eigenvalue weighted by Gasteiger charge is -2.36. The molecule has 2 aromatic carbocycles. The molecular formula is C26H29F3N4O2. The molecule has 6 nitrogen and oxygen atoms in total. The number of carbonyl (C=O) groups is 2. The molecular weight excluding hydrogens is 457 g/mol. The predicted octanol–water partition coefficient (Wildman–Crippen LogP) is 4.71. The number of nitrogens with zero attached hydrogens (tertiary/aromatic N) is 4. The van der Waals surface area contributed by atoms with E-state index < -0.39 is 11.7 Å². The number of fused-ring (bicyclic) bond motifs is 1. The number of alkyl halides is 3. The van der Waals surface area contributed by atoms with Gasteiger partial charge in [-0.3, -0.25) is 19.4 Å². The fourth-order valence-electron chi connectivity index (χ4n) is 4.77. The van der Waals surface area contributed by atoms with Gasteiger partial charge in [0.2, 0.25) is 5.91 Å². The quantitative estimate of drug-likeness (QED) is 0.594. The van der Waals surface area contributed by atoms with Gasteiger partial charge >= 0.3 is 6.18 Å². The van der Waals surface area contributed by atoms with Crippen LogP contribution in [0.1, 0.15) is 37.8 Å². The topological polar surface area (TPSA) is 56.2 Å². The van der Waals surface area contributed by atoms with Crippen molar-refractivity contribution in [1.82, 2.24) is 9.80 Å². The molecule has 0 unspecified atom stereocenters. The molecule has 0 N–H and O–H groups in total. The number of amides is 2. The Morgan fingerprint density at radius 1 is 1.11 bits per heavy atom. The number of likely N-dealkylation sites (tertiary alicyclic amines) is 1. The second-order valence-electron chi connectivity index (χ2n) is 8.83. The van der Waals surface area contributed by atoms with Crippen LogP contribution in [0, 0.1) is 5.92 Å². The first-order valence-corrected chi connectivity index (χ1v) is 11.9. The van der Waals surface area contributed by atoms with Crippen LogP contribution in [-0.4, -0.2) is 60.2 Å². The lowest BCUT2D eigenvalue weighted by atomic mass is 9.96. The third-order valence-electron chi connectivity index (χ3n) is 6.58. The Labute approximate surface area is 203 Å². The second-order valence-corrected chi connectivity index (χ2v) is 8.83. The van der Waals surface area contributed by atoms with Crippen LogP contribution in [0.15, 0.2) is 53.5 Å². The third-order valence-corrected chi connectivity index (χ3v) is 6.58. The summed E-state index contributed by atoms with van der Waals surface area (Å²) in [5.41, 5.74) is 0.630. The van der Waals surface area contributed by atoms with Crippen molar-refractivity contribution in [3.05, 3.63) is 59.7 Å². The van der Waals surface area contributed by atoms with E-state index >= 15 is 0 Å². The number of para-hydroxylation sites is 1. The fraction of sp³-hybridized carbons (Fsp3) is 0.423. The Bertz CT molecular complexity index is 1130. The molecule has 0 saturated carbocycles. The van der Waals surface area contributed by atoms with Gasteiger partial charge in [-0.1, -0.05) is 24.3 Å². The lowest BCUT2D eigenvalue weighted by molar-refractivity contribution is -0.138. The Balaban J connectivity index is 1.57. The number of piperidine rings is 1. The molecule has 0 radical (unpaired) electrons. The van der Waals surface area contributed by atoms with Crippen LogP contribution in [0.25, 0.3) is 0 Å². The minimum absolute atomic E-state index is 0.0719. The van der Waals surface area contributed by atoms with Gasteiger partial charge in [-0.05, 0) is 57.5 Å². The number of halogens is 3. The van der Waals surface area contributed by atoms with Crippen LogP contribution in [0.4, 0.5) is 24.5 Å². The minimum atomic E-state index is -4.49. The highest BCUT2D eigenvalue weighted by molar-refractivity contribution is 6.54. The molecule has 1 fully saturated rings. The summed E-state index contributed by atoms with van der Waals surface area (Å²) in [6.07, 6.45) is -2.82. The van der Waals surface area contributed by atoms with E-state index in [1.165, 1.54) is 12.1 Å². The van der Waals surface area contributed by atoms with Gasteiger partial charge in [0.15, 0.2) is 0 Å². The zero-order chi connectivity index (χ0) is 25.2. The van der Waals surface area contributed by atoms with E-state index in [0.717, 1.165) is 31.5 Å². The van der Waals surface area contributed by atoms with Crippen molar-refractivity contribution in [2.45, 2.75) is 32.9 Å². The molecule has 2 aliphatic rings. The van der Waals surface area contributed by atoms with Crippen molar-refractivity contribution in [1.29, 1.82) is 0 Å². The van der Waals surface area contributed by atoms with Crippen LogP contribution in [0.3, 0.4) is 0 Å². The van der Waals surface area contributed by atoms with Gasteiger partial charge in [0.05, 0.1) is 29.5 Å². The van der Waals surface area contributed by atoms with Gasteiger partial charge in [-0.15, -0.1) is 0 Å². The van der Waals surface area contributed by atoms with Gasteiger partial charge in [-0.2, -0.15) is 13.2 Å². The number of aliphatic imine (C=N–C) groups is 1. The lowest BCUT2D eigenvalue weighted by Crippen LogP contribution is -2.49. The summed E-state index contributed by atoms with van der Waals surface area (Å²) in [6.45, 7) is 6.87. The molecule has 2 aliphatic heterocycles. The summed E-state index contributed by atoms with van der Waals surface area (Å²) >= 11 is 0. The Hall–Kier alpha value is -3.20. The van der Waals surface area contributed by atoms with Crippen LogP contribution >= 0.6 is 0 Å². The molecule has 4 rings (SSSR count). The van der Waals surface area contributed by atoms with Crippen LogP contribution < -0.4 is 4.90 Å². The predicted molar refractivity (Wildman–Crippen MR) is 129 cm³/mol. The smallest absolute Gasteiger partial charge is 0.343 e. The minimum Gasteiger partial charge on any atom is -0.343 e. The first kappa shape index (κ1) is 24.9. The Kier molecular flexibility index (Phi) is 7.25. The van der Waals surface area contributed by atoms with Crippen LogP contribution in [0.5, 0.6) is 0 Å². The molecule has 1 atom stereocenters. The van der Waals surface area contributed by atoms with Crippen molar-refractivity contribution >= 4 is 28.9 Å². The second kappa shape index (κ2) is 10.2. The average Bonchev–Trinajstić information content (AvgIpc) is 3.10. The molecule has 0 aliphatic carbocycles. The molecule has 0 aromatic heterocycles. The standard InChI is InChI=1S/C26H29F3N4O2/c1-3-32(4-2)24(34)18-9-8-14-31(16-18)17-33-22-13-6-5-12-21(22)23(25(33)35)30-20-11-7-10-19(15-20)26(27,28)29/h5-7,10-13,15,18H,3-4,8-9,14,16-17H2,1-2H3/t18-/m1/s1. The first-order chi connectivity index (χ1) is 16.7. The van der Waals surface area contributed by atoms with Crippen molar-refractivity contribution in [3.8, 4) is 0 Å². The van der Waals surface area contributed by atoms with Crippen molar-refractivity contribution in [2.24, 2.45) is 10.9 Å².